The molecule has 28 heavy (non-hydrogen) atoms. The van der Waals surface area contributed by atoms with Crippen molar-refractivity contribution in [2.75, 3.05) is 33.8 Å². The van der Waals surface area contributed by atoms with Crippen LogP contribution >= 0.6 is 0 Å². The first-order valence-electron chi connectivity index (χ1n) is 9.48. The van der Waals surface area contributed by atoms with Crippen LogP contribution in [0.1, 0.15) is 27.7 Å². The van der Waals surface area contributed by atoms with Crippen molar-refractivity contribution in [1.29, 1.82) is 0 Å². The first kappa shape index (κ1) is 18.7. The van der Waals surface area contributed by atoms with Gasteiger partial charge in [-0.2, -0.15) is 5.10 Å². The highest BCUT2D eigenvalue weighted by molar-refractivity contribution is 5.98. The molecule has 3 heterocycles. The number of hydrogen-bond donors (Lipinski definition) is 0. The van der Waals surface area contributed by atoms with E-state index in [2.05, 4.69) is 10.00 Å². The van der Waals surface area contributed by atoms with Gasteiger partial charge in [-0.15, -0.1) is 0 Å². The molecule has 1 amide bonds. The smallest absolute Gasteiger partial charge is 0.254 e. The second kappa shape index (κ2) is 7.41. The number of aromatic nitrogens is 2. The van der Waals surface area contributed by atoms with Crippen molar-refractivity contribution in [3.05, 3.63) is 53.5 Å². The molecule has 0 aliphatic carbocycles. The number of nitrogens with zero attached hydrogens (tertiary/aromatic N) is 4. The third kappa shape index (κ3) is 3.55. The maximum atomic E-state index is 13.5. The van der Waals surface area contributed by atoms with E-state index in [9.17, 15) is 4.79 Å². The molecule has 0 saturated carbocycles. The summed E-state index contributed by atoms with van der Waals surface area (Å²) in [6, 6.07) is 7.39. The number of ether oxygens (including phenoxy) is 1. The molecule has 1 aliphatic heterocycles. The summed E-state index contributed by atoms with van der Waals surface area (Å²) in [5, 5.41) is 5.26. The fourth-order valence-corrected chi connectivity index (χ4v) is 3.94. The Morgan fingerprint density at radius 3 is 2.86 bits per heavy atom. The number of furan rings is 1. The highest BCUT2D eigenvalue weighted by Crippen LogP contribution is 2.32. The van der Waals surface area contributed by atoms with Crippen LogP contribution in [0, 0.1) is 6.92 Å². The zero-order valence-electron chi connectivity index (χ0n) is 16.8. The standard InChI is InChI=1S/C21H26N4O3/c1-14-9-16-10-15(5-6-18(16)28-14)21(26)25-7-8-27-19(13-23(2)3)20(25)17-11-22-24(4)12-17/h5-6,9-12,19-20H,7-8,13H2,1-4H3/t19-,20-/m0/s1. The average molecular weight is 382 g/mol. The molecule has 2 atom stereocenters. The number of carbonyl (C=O) groups is 1. The number of fused-ring (bicyclic) bond motifs is 1. The fraction of sp³-hybridized carbons (Fsp3) is 0.429. The predicted molar refractivity (Wildman–Crippen MR) is 106 cm³/mol. The van der Waals surface area contributed by atoms with Crippen molar-refractivity contribution in [2.45, 2.75) is 19.1 Å². The van der Waals surface area contributed by atoms with E-state index in [1.165, 1.54) is 0 Å². The van der Waals surface area contributed by atoms with Gasteiger partial charge < -0.3 is 19.0 Å². The predicted octanol–water partition coefficient (Wildman–Crippen LogP) is 2.62. The first-order chi connectivity index (χ1) is 13.4. The maximum absolute atomic E-state index is 13.5. The Hall–Kier alpha value is -2.64. The van der Waals surface area contributed by atoms with E-state index in [0.717, 1.165) is 28.8 Å². The second-order valence-corrected chi connectivity index (χ2v) is 7.67. The zero-order valence-corrected chi connectivity index (χ0v) is 16.8. The Kier molecular flexibility index (Phi) is 4.95. The molecule has 1 saturated heterocycles. The van der Waals surface area contributed by atoms with Crippen molar-refractivity contribution in [1.82, 2.24) is 19.6 Å². The molecule has 7 nitrogen and oxygen atoms in total. The normalized spacial score (nSPS) is 20.2. The van der Waals surface area contributed by atoms with E-state index in [4.69, 9.17) is 9.15 Å². The van der Waals surface area contributed by atoms with Crippen molar-refractivity contribution in [3.8, 4) is 0 Å². The zero-order chi connectivity index (χ0) is 19.8. The minimum atomic E-state index is -0.181. The van der Waals surface area contributed by atoms with Gasteiger partial charge in [0.05, 0.1) is 24.9 Å². The summed E-state index contributed by atoms with van der Waals surface area (Å²) in [4.78, 5) is 17.5. The van der Waals surface area contributed by atoms with E-state index >= 15 is 0 Å². The number of likely N-dealkylation sites (N-methyl/N-ethyl adjacent to an activating group) is 1. The van der Waals surface area contributed by atoms with E-state index < -0.39 is 0 Å². The fourth-order valence-electron chi connectivity index (χ4n) is 3.94. The molecule has 4 rings (SSSR count). The van der Waals surface area contributed by atoms with Gasteiger partial charge in [0.2, 0.25) is 0 Å². The quantitative estimate of drug-likeness (QED) is 0.694. The Morgan fingerprint density at radius 2 is 2.14 bits per heavy atom. The van der Waals surface area contributed by atoms with Gasteiger partial charge in [-0.1, -0.05) is 0 Å². The molecule has 1 fully saturated rings. The van der Waals surface area contributed by atoms with Crippen LogP contribution in [0.4, 0.5) is 0 Å². The summed E-state index contributed by atoms with van der Waals surface area (Å²) in [6.45, 7) is 3.70. The molecule has 1 aliphatic rings. The van der Waals surface area contributed by atoms with Crippen LogP contribution in [0.15, 0.2) is 41.1 Å². The van der Waals surface area contributed by atoms with E-state index in [-0.39, 0.29) is 18.1 Å². The Balaban J connectivity index is 1.70. The number of carbonyl (C=O) groups excluding carboxylic acids is 1. The van der Waals surface area contributed by atoms with Gasteiger partial charge in [-0.3, -0.25) is 9.48 Å². The lowest BCUT2D eigenvalue weighted by Crippen LogP contribution is -2.51. The number of benzene rings is 1. The van der Waals surface area contributed by atoms with Gasteiger partial charge in [0.15, 0.2) is 0 Å². The van der Waals surface area contributed by atoms with Crippen LogP contribution in [0.3, 0.4) is 0 Å². The highest BCUT2D eigenvalue weighted by Gasteiger charge is 2.37. The molecule has 3 aromatic rings. The summed E-state index contributed by atoms with van der Waals surface area (Å²) < 4.78 is 13.5. The third-order valence-corrected chi connectivity index (χ3v) is 5.11. The van der Waals surface area contributed by atoms with Gasteiger partial charge in [0.1, 0.15) is 11.3 Å². The molecule has 2 aromatic heterocycles. The lowest BCUT2D eigenvalue weighted by molar-refractivity contribution is -0.0684. The minimum absolute atomic E-state index is 0.00154. The molecule has 0 N–H and O–H groups in total. The molecule has 0 spiro atoms. The highest BCUT2D eigenvalue weighted by atomic mass is 16.5. The van der Waals surface area contributed by atoms with E-state index in [0.29, 0.717) is 18.7 Å². The second-order valence-electron chi connectivity index (χ2n) is 7.67. The van der Waals surface area contributed by atoms with Crippen LogP contribution in [0.2, 0.25) is 0 Å². The van der Waals surface area contributed by atoms with Gasteiger partial charge >= 0.3 is 0 Å². The Bertz CT molecular complexity index is 991. The van der Waals surface area contributed by atoms with Gasteiger partial charge in [0, 0.05) is 42.8 Å². The SMILES string of the molecule is Cc1cc2cc(C(=O)N3CCO[C@@H](CN(C)C)[C@@H]3c3cnn(C)c3)ccc2o1. The Labute approximate surface area is 164 Å². The van der Waals surface area contributed by atoms with Crippen molar-refractivity contribution in [2.24, 2.45) is 7.05 Å². The molecule has 148 valence electrons. The summed E-state index contributed by atoms with van der Waals surface area (Å²) in [7, 11) is 5.91. The summed E-state index contributed by atoms with van der Waals surface area (Å²) >= 11 is 0. The number of morpholine rings is 1. The number of aryl methyl sites for hydroxylation is 2. The van der Waals surface area contributed by atoms with Crippen LogP contribution in [0.25, 0.3) is 11.0 Å². The maximum Gasteiger partial charge on any atom is 0.254 e. The molecule has 0 bridgehead atoms. The topological polar surface area (TPSA) is 63.7 Å². The molecule has 0 unspecified atom stereocenters. The molecule has 7 heteroatoms. The lowest BCUT2D eigenvalue weighted by Gasteiger charge is -2.41. The number of amides is 1. The van der Waals surface area contributed by atoms with E-state index in [1.807, 2.05) is 69.6 Å². The van der Waals surface area contributed by atoms with Gasteiger partial charge in [-0.05, 0) is 45.3 Å². The molecular formula is C21H26N4O3. The molecular weight excluding hydrogens is 356 g/mol. The summed E-state index contributed by atoms with van der Waals surface area (Å²) in [6.07, 6.45) is 3.67. The Morgan fingerprint density at radius 1 is 1.32 bits per heavy atom. The van der Waals surface area contributed by atoms with Crippen molar-refractivity contribution < 1.29 is 13.9 Å². The van der Waals surface area contributed by atoms with Crippen LogP contribution in [0.5, 0.6) is 0 Å². The average Bonchev–Trinajstić information content (AvgIpc) is 3.24. The molecule has 0 radical (unpaired) electrons. The minimum Gasteiger partial charge on any atom is -0.461 e. The first-order valence-corrected chi connectivity index (χ1v) is 9.48. The number of rotatable bonds is 4. The van der Waals surface area contributed by atoms with Crippen LogP contribution in [-0.2, 0) is 11.8 Å². The number of hydrogen-bond acceptors (Lipinski definition) is 5. The van der Waals surface area contributed by atoms with Gasteiger partial charge in [0.25, 0.3) is 5.91 Å². The van der Waals surface area contributed by atoms with Crippen LogP contribution in [-0.4, -0.2) is 65.4 Å². The van der Waals surface area contributed by atoms with E-state index in [1.54, 1.807) is 4.68 Å². The van der Waals surface area contributed by atoms with Crippen molar-refractivity contribution >= 4 is 16.9 Å². The van der Waals surface area contributed by atoms with Crippen molar-refractivity contribution in [3.63, 3.8) is 0 Å². The van der Waals surface area contributed by atoms with Gasteiger partial charge in [-0.25, -0.2) is 0 Å². The third-order valence-electron chi connectivity index (χ3n) is 5.11. The lowest BCUT2D eigenvalue weighted by atomic mass is 9.99. The molecule has 1 aromatic carbocycles. The van der Waals surface area contributed by atoms with Crippen LogP contribution < -0.4 is 0 Å². The largest absolute Gasteiger partial charge is 0.461 e. The summed E-state index contributed by atoms with van der Waals surface area (Å²) in [5.41, 5.74) is 2.45. The monoisotopic (exact) mass is 382 g/mol. The summed E-state index contributed by atoms with van der Waals surface area (Å²) in [5.74, 6) is 0.840.